The van der Waals surface area contributed by atoms with Crippen molar-refractivity contribution < 1.29 is 5.21 Å². The fraction of sp³-hybridized carbons (Fsp3) is 0.154. The quantitative estimate of drug-likeness (QED) is 0.223. The van der Waals surface area contributed by atoms with Gasteiger partial charge in [-0.1, -0.05) is 41.2 Å². The van der Waals surface area contributed by atoms with Crippen LogP contribution in [0, 0.1) is 6.92 Å². The van der Waals surface area contributed by atoms with Crippen LogP contribution in [0.1, 0.15) is 16.8 Å². The molecule has 0 aliphatic heterocycles. The number of rotatable bonds is 4. The summed E-state index contributed by atoms with van der Waals surface area (Å²) in [6.45, 7) is 1.94. The summed E-state index contributed by atoms with van der Waals surface area (Å²) < 4.78 is 0. The number of thioether (sulfide) groups is 1. The number of aromatic nitrogens is 2. The average Bonchev–Trinajstić information content (AvgIpc) is 2.45. The smallest absolute Gasteiger partial charge is 0.188 e. The topological polar surface area (TPSA) is 84.4 Å². The maximum Gasteiger partial charge on any atom is 0.188 e. The first-order valence-corrected chi connectivity index (χ1v) is 6.67. The van der Waals surface area contributed by atoms with Crippen molar-refractivity contribution in [2.75, 3.05) is 0 Å². The number of benzene rings is 1. The predicted molar refractivity (Wildman–Crippen MR) is 75.3 cm³/mol. The lowest BCUT2D eigenvalue weighted by Crippen LogP contribution is -2.12. The minimum Gasteiger partial charge on any atom is -0.409 e. The third-order valence-electron chi connectivity index (χ3n) is 2.50. The van der Waals surface area contributed by atoms with E-state index in [2.05, 4.69) is 15.1 Å². The molecule has 2 rings (SSSR count). The molecule has 0 radical (unpaired) electrons. The zero-order chi connectivity index (χ0) is 13.7. The second-order valence-electron chi connectivity index (χ2n) is 3.95. The van der Waals surface area contributed by atoms with Crippen molar-refractivity contribution in [3.8, 4) is 0 Å². The highest BCUT2D eigenvalue weighted by molar-refractivity contribution is 7.98. The second-order valence-corrected chi connectivity index (χ2v) is 4.89. The van der Waals surface area contributed by atoms with Crippen molar-refractivity contribution >= 4 is 17.6 Å². The molecule has 1 heterocycles. The van der Waals surface area contributed by atoms with Crippen LogP contribution >= 0.6 is 11.8 Å². The summed E-state index contributed by atoms with van der Waals surface area (Å²) in [4.78, 5) is 8.52. The predicted octanol–water partition coefficient (Wildman–Crippen LogP) is 2.17. The van der Waals surface area contributed by atoms with Gasteiger partial charge in [0.15, 0.2) is 11.0 Å². The van der Waals surface area contributed by atoms with E-state index in [0.717, 1.165) is 22.2 Å². The summed E-state index contributed by atoms with van der Waals surface area (Å²) in [5, 5.41) is 12.3. The Morgan fingerprint density at radius 3 is 2.68 bits per heavy atom. The van der Waals surface area contributed by atoms with Crippen molar-refractivity contribution in [1.29, 1.82) is 0 Å². The standard InChI is InChI=1S/C13H14N4OS/c1-9-6-7-15-13(16-9)19-8-10-2-4-11(5-3-10)12(14)17-18/h2-7,18H,8H2,1H3,(H2,14,17). The van der Waals surface area contributed by atoms with Crippen molar-refractivity contribution in [3.05, 3.63) is 53.3 Å². The molecule has 1 aromatic carbocycles. The van der Waals surface area contributed by atoms with Gasteiger partial charge in [-0.15, -0.1) is 0 Å². The van der Waals surface area contributed by atoms with Crippen LogP contribution in [0.2, 0.25) is 0 Å². The van der Waals surface area contributed by atoms with Crippen LogP contribution in [0.4, 0.5) is 0 Å². The molecule has 19 heavy (non-hydrogen) atoms. The van der Waals surface area contributed by atoms with E-state index in [1.807, 2.05) is 37.3 Å². The lowest BCUT2D eigenvalue weighted by molar-refractivity contribution is 0.318. The first kappa shape index (κ1) is 13.4. The third-order valence-corrected chi connectivity index (χ3v) is 3.43. The molecule has 0 atom stereocenters. The number of hydrogen-bond acceptors (Lipinski definition) is 5. The van der Waals surface area contributed by atoms with Crippen LogP contribution in [0.3, 0.4) is 0 Å². The van der Waals surface area contributed by atoms with E-state index in [9.17, 15) is 0 Å². The van der Waals surface area contributed by atoms with Gasteiger partial charge in [0.05, 0.1) is 0 Å². The van der Waals surface area contributed by atoms with E-state index in [-0.39, 0.29) is 5.84 Å². The van der Waals surface area contributed by atoms with Gasteiger partial charge in [-0.2, -0.15) is 0 Å². The van der Waals surface area contributed by atoms with Crippen LogP contribution in [-0.2, 0) is 5.75 Å². The minimum atomic E-state index is 0.112. The molecular formula is C13H14N4OS. The molecule has 0 unspecified atom stereocenters. The molecule has 6 heteroatoms. The summed E-state index contributed by atoms with van der Waals surface area (Å²) in [6, 6.07) is 9.40. The summed E-state index contributed by atoms with van der Waals surface area (Å²) in [6.07, 6.45) is 1.76. The number of oxime groups is 1. The second kappa shape index (κ2) is 6.19. The first-order chi connectivity index (χ1) is 9.19. The SMILES string of the molecule is Cc1ccnc(SCc2ccc(C(N)=NO)cc2)n1. The largest absolute Gasteiger partial charge is 0.409 e. The summed E-state index contributed by atoms with van der Waals surface area (Å²) in [5.74, 6) is 0.890. The summed E-state index contributed by atoms with van der Waals surface area (Å²) in [5.41, 5.74) is 8.29. The van der Waals surface area contributed by atoms with Crippen molar-refractivity contribution in [3.63, 3.8) is 0 Å². The van der Waals surface area contributed by atoms with Gasteiger partial charge in [-0.05, 0) is 18.6 Å². The molecule has 0 aliphatic carbocycles. The molecule has 3 N–H and O–H groups in total. The van der Waals surface area contributed by atoms with E-state index in [1.54, 1.807) is 18.0 Å². The number of hydrogen-bond donors (Lipinski definition) is 2. The Morgan fingerprint density at radius 2 is 2.05 bits per heavy atom. The van der Waals surface area contributed by atoms with E-state index >= 15 is 0 Å². The highest BCUT2D eigenvalue weighted by Crippen LogP contribution is 2.19. The highest BCUT2D eigenvalue weighted by atomic mass is 32.2. The van der Waals surface area contributed by atoms with Gasteiger partial charge in [-0.3, -0.25) is 0 Å². The minimum absolute atomic E-state index is 0.112. The Labute approximate surface area is 115 Å². The fourth-order valence-corrected chi connectivity index (χ4v) is 2.30. The zero-order valence-corrected chi connectivity index (χ0v) is 11.3. The summed E-state index contributed by atoms with van der Waals surface area (Å²) >= 11 is 1.57. The lowest BCUT2D eigenvalue weighted by Gasteiger charge is -2.03. The van der Waals surface area contributed by atoms with Gasteiger partial charge in [0, 0.05) is 23.2 Å². The van der Waals surface area contributed by atoms with Crippen LogP contribution in [-0.4, -0.2) is 21.0 Å². The molecule has 0 aliphatic rings. The third kappa shape index (κ3) is 3.69. The van der Waals surface area contributed by atoms with Gasteiger partial charge in [0.25, 0.3) is 0 Å². The number of amidine groups is 1. The molecule has 0 saturated heterocycles. The van der Waals surface area contributed by atoms with Crippen molar-refractivity contribution in [2.45, 2.75) is 17.8 Å². The van der Waals surface area contributed by atoms with Crippen LogP contribution < -0.4 is 5.73 Å². The Balaban J connectivity index is 2.00. The van der Waals surface area contributed by atoms with Gasteiger partial charge >= 0.3 is 0 Å². The van der Waals surface area contributed by atoms with Crippen molar-refractivity contribution in [1.82, 2.24) is 9.97 Å². The van der Waals surface area contributed by atoms with E-state index in [1.165, 1.54) is 0 Å². The van der Waals surface area contributed by atoms with Gasteiger partial charge in [0.1, 0.15) is 0 Å². The Kier molecular flexibility index (Phi) is 4.35. The normalized spacial score (nSPS) is 11.5. The molecular weight excluding hydrogens is 260 g/mol. The van der Waals surface area contributed by atoms with Crippen LogP contribution in [0.5, 0.6) is 0 Å². The lowest BCUT2D eigenvalue weighted by atomic mass is 10.1. The molecule has 0 spiro atoms. The van der Waals surface area contributed by atoms with Crippen LogP contribution in [0.15, 0.2) is 46.8 Å². The fourth-order valence-electron chi connectivity index (χ4n) is 1.47. The molecule has 1 aromatic heterocycles. The molecule has 0 bridgehead atoms. The van der Waals surface area contributed by atoms with Crippen molar-refractivity contribution in [2.24, 2.45) is 10.9 Å². The number of aryl methyl sites for hydroxylation is 1. The van der Waals surface area contributed by atoms with E-state index in [4.69, 9.17) is 10.9 Å². The molecule has 0 fully saturated rings. The van der Waals surface area contributed by atoms with Crippen LogP contribution in [0.25, 0.3) is 0 Å². The van der Waals surface area contributed by atoms with E-state index < -0.39 is 0 Å². The highest BCUT2D eigenvalue weighted by Gasteiger charge is 2.02. The maximum absolute atomic E-state index is 8.58. The van der Waals surface area contributed by atoms with Gasteiger partial charge in [-0.25, -0.2) is 9.97 Å². The summed E-state index contributed by atoms with van der Waals surface area (Å²) in [7, 11) is 0. The zero-order valence-electron chi connectivity index (χ0n) is 10.4. The molecule has 2 aromatic rings. The maximum atomic E-state index is 8.58. The number of nitrogens with zero attached hydrogens (tertiary/aromatic N) is 3. The molecule has 0 amide bonds. The Hall–Kier alpha value is -2.08. The monoisotopic (exact) mass is 274 g/mol. The number of nitrogens with two attached hydrogens (primary N) is 1. The first-order valence-electron chi connectivity index (χ1n) is 5.68. The van der Waals surface area contributed by atoms with E-state index in [0.29, 0.717) is 5.56 Å². The molecule has 0 saturated carbocycles. The molecule has 98 valence electrons. The Morgan fingerprint density at radius 1 is 1.32 bits per heavy atom. The molecule has 5 nitrogen and oxygen atoms in total. The average molecular weight is 274 g/mol. The van der Waals surface area contributed by atoms with Gasteiger partial charge in [0.2, 0.25) is 0 Å². The van der Waals surface area contributed by atoms with Gasteiger partial charge < -0.3 is 10.9 Å². The Bertz CT molecular complexity index is 583.